The van der Waals surface area contributed by atoms with Gasteiger partial charge in [-0.15, -0.1) is 0 Å². The third kappa shape index (κ3) is 1.75. The number of carboxylic acids is 1. The molecule has 0 unspecified atom stereocenters. The van der Waals surface area contributed by atoms with Crippen molar-refractivity contribution in [3.63, 3.8) is 0 Å². The highest BCUT2D eigenvalue weighted by molar-refractivity contribution is 5.95. The third-order valence-corrected chi connectivity index (χ3v) is 3.08. The van der Waals surface area contributed by atoms with Crippen LogP contribution in [0.5, 0.6) is 0 Å². The van der Waals surface area contributed by atoms with Crippen LogP contribution in [0.25, 0.3) is 0 Å². The van der Waals surface area contributed by atoms with Crippen molar-refractivity contribution in [2.75, 3.05) is 18.0 Å². The zero-order chi connectivity index (χ0) is 11.7. The first-order valence-electron chi connectivity index (χ1n) is 5.40. The molecular weight excluding hydrogens is 209 g/mol. The zero-order valence-corrected chi connectivity index (χ0v) is 9.11. The van der Waals surface area contributed by atoms with Crippen molar-refractivity contribution in [3.05, 3.63) is 29.6 Å². The summed E-state index contributed by atoms with van der Waals surface area (Å²) in [6.45, 7) is 3.74. The van der Waals surface area contributed by atoms with Gasteiger partial charge in [-0.2, -0.15) is 0 Å². The second-order valence-electron chi connectivity index (χ2n) is 4.12. The van der Waals surface area contributed by atoms with Crippen molar-refractivity contribution in [3.8, 4) is 0 Å². The Morgan fingerprint density at radius 2 is 2.25 bits per heavy atom. The molecule has 1 N–H and O–H groups in total. The Hall–Kier alpha value is -1.58. The lowest BCUT2D eigenvalue weighted by atomic mass is 9.95. The predicted molar refractivity (Wildman–Crippen MR) is 59.4 cm³/mol. The molecule has 0 bridgehead atoms. The molecule has 16 heavy (non-hydrogen) atoms. The number of benzene rings is 1. The zero-order valence-electron chi connectivity index (χ0n) is 9.11. The van der Waals surface area contributed by atoms with E-state index in [9.17, 15) is 9.18 Å². The Bertz CT molecular complexity index is 413. The molecule has 1 aliphatic rings. The quantitative estimate of drug-likeness (QED) is 0.855. The summed E-state index contributed by atoms with van der Waals surface area (Å²) in [6, 6.07) is 4.40. The van der Waals surface area contributed by atoms with Gasteiger partial charge >= 0.3 is 5.97 Å². The molecule has 0 saturated carbocycles. The first-order chi connectivity index (χ1) is 7.63. The van der Waals surface area contributed by atoms with Crippen LogP contribution in [0.3, 0.4) is 0 Å². The van der Waals surface area contributed by atoms with Gasteiger partial charge in [-0.05, 0) is 24.5 Å². The Morgan fingerprint density at radius 3 is 2.81 bits per heavy atom. The van der Waals surface area contributed by atoms with Crippen molar-refractivity contribution in [2.45, 2.75) is 13.3 Å². The van der Waals surface area contributed by atoms with Crippen LogP contribution in [0.4, 0.5) is 10.1 Å². The molecule has 0 amide bonds. The molecule has 0 atom stereocenters. The summed E-state index contributed by atoms with van der Waals surface area (Å²) in [5.74, 6) is -1.26. The summed E-state index contributed by atoms with van der Waals surface area (Å²) in [6.07, 6.45) is 1.08. The van der Waals surface area contributed by atoms with Crippen LogP contribution in [-0.4, -0.2) is 24.2 Å². The number of hydrogen-bond acceptors (Lipinski definition) is 2. The van der Waals surface area contributed by atoms with E-state index in [1.165, 1.54) is 6.07 Å². The molecule has 2 rings (SSSR count). The first kappa shape index (κ1) is 10.9. The maximum Gasteiger partial charge on any atom is 0.340 e. The molecule has 0 spiro atoms. The number of aromatic carboxylic acids is 1. The maximum atomic E-state index is 13.4. The normalized spacial score (nSPS) is 16.0. The van der Waals surface area contributed by atoms with E-state index in [-0.39, 0.29) is 5.56 Å². The van der Waals surface area contributed by atoms with Crippen LogP contribution in [0.2, 0.25) is 0 Å². The van der Waals surface area contributed by atoms with Gasteiger partial charge in [0.15, 0.2) is 0 Å². The summed E-state index contributed by atoms with van der Waals surface area (Å²) < 4.78 is 13.4. The van der Waals surface area contributed by atoms with Gasteiger partial charge in [0.1, 0.15) is 11.4 Å². The largest absolute Gasteiger partial charge is 0.478 e. The van der Waals surface area contributed by atoms with Gasteiger partial charge in [0.2, 0.25) is 0 Å². The molecule has 1 aromatic rings. The number of hydrogen-bond donors (Lipinski definition) is 1. The molecule has 1 aromatic carbocycles. The first-order valence-corrected chi connectivity index (χ1v) is 5.40. The van der Waals surface area contributed by atoms with Gasteiger partial charge in [0.25, 0.3) is 0 Å². The minimum atomic E-state index is -1.20. The van der Waals surface area contributed by atoms with Crippen LogP contribution in [0.1, 0.15) is 23.7 Å². The van der Waals surface area contributed by atoms with Crippen LogP contribution < -0.4 is 4.90 Å². The number of carbonyl (C=O) groups is 1. The van der Waals surface area contributed by atoms with Gasteiger partial charge in [0, 0.05) is 13.1 Å². The average Bonchev–Trinajstić information content (AvgIpc) is 2.15. The van der Waals surface area contributed by atoms with Gasteiger partial charge < -0.3 is 10.0 Å². The van der Waals surface area contributed by atoms with Gasteiger partial charge in [-0.25, -0.2) is 9.18 Å². The van der Waals surface area contributed by atoms with E-state index in [0.29, 0.717) is 11.6 Å². The highest BCUT2D eigenvalue weighted by atomic mass is 19.1. The summed E-state index contributed by atoms with van der Waals surface area (Å²) in [5.41, 5.74) is 0.286. The molecule has 0 aromatic heterocycles. The molecule has 1 saturated heterocycles. The van der Waals surface area contributed by atoms with E-state index in [4.69, 9.17) is 5.11 Å². The highest BCUT2D eigenvalue weighted by Gasteiger charge is 2.29. The van der Waals surface area contributed by atoms with E-state index in [2.05, 4.69) is 6.92 Å². The van der Waals surface area contributed by atoms with Crippen molar-refractivity contribution < 1.29 is 14.3 Å². The fourth-order valence-electron chi connectivity index (χ4n) is 2.01. The summed E-state index contributed by atoms with van der Waals surface area (Å²) in [5, 5.41) is 8.97. The molecule has 1 heterocycles. The number of halogens is 1. The minimum absolute atomic E-state index is 0.211. The fourth-order valence-corrected chi connectivity index (χ4v) is 2.01. The van der Waals surface area contributed by atoms with Crippen molar-refractivity contribution >= 4 is 11.7 Å². The Balaban J connectivity index is 2.28. The lowest BCUT2D eigenvalue weighted by Gasteiger charge is -2.41. The van der Waals surface area contributed by atoms with Crippen molar-refractivity contribution in [2.24, 2.45) is 5.92 Å². The number of nitrogens with zero attached hydrogens (tertiary/aromatic N) is 1. The molecule has 1 aliphatic heterocycles. The molecule has 86 valence electrons. The van der Waals surface area contributed by atoms with Crippen LogP contribution in [0.15, 0.2) is 18.2 Å². The van der Waals surface area contributed by atoms with Gasteiger partial charge in [-0.3, -0.25) is 0 Å². The Labute approximate surface area is 93.5 Å². The minimum Gasteiger partial charge on any atom is -0.478 e. The van der Waals surface area contributed by atoms with Gasteiger partial charge in [0.05, 0.1) is 5.69 Å². The molecule has 1 fully saturated rings. The highest BCUT2D eigenvalue weighted by Crippen LogP contribution is 2.30. The topological polar surface area (TPSA) is 40.5 Å². The van der Waals surface area contributed by atoms with Gasteiger partial charge in [-0.1, -0.05) is 13.0 Å². The maximum absolute atomic E-state index is 13.4. The standard InChI is InChI=1S/C12H14FNO2/c1-2-8-6-14(7-8)10-5-3-4-9(13)11(10)12(15)16/h3-5,8H,2,6-7H2,1H3,(H,15,16). The van der Waals surface area contributed by atoms with E-state index in [1.54, 1.807) is 12.1 Å². The second-order valence-corrected chi connectivity index (χ2v) is 4.12. The summed E-state index contributed by atoms with van der Waals surface area (Å²) in [7, 11) is 0. The van der Waals surface area contributed by atoms with Crippen LogP contribution >= 0.6 is 0 Å². The van der Waals surface area contributed by atoms with Crippen LogP contribution in [0, 0.1) is 11.7 Å². The summed E-state index contributed by atoms with van der Waals surface area (Å²) in [4.78, 5) is 12.9. The average molecular weight is 223 g/mol. The number of anilines is 1. The predicted octanol–water partition coefficient (Wildman–Crippen LogP) is 2.37. The lowest BCUT2D eigenvalue weighted by Crippen LogP contribution is -2.47. The molecule has 3 nitrogen and oxygen atoms in total. The molecular formula is C12H14FNO2. The Kier molecular flexibility index (Phi) is 2.81. The van der Waals surface area contributed by atoms with E-state index in [0.717, 1.165) is 19.5 Å². The second kappa shape index (κ2) is 4.12. The van der Waals surface area contributed by atoms with Crippen molar-refractivity contribution in [1.29, 1.82) is 0 Å². The molecule has 0 radical (unpaired) electrons. The molecule has 4 heteroatoms. The lowest BCUT2D eigenvalue weighted by molar-refractivity contribution is 0.0692. The smallest absolute Gasteiger partial charge is 0.340 e. The van der Waals surface area contributed by atoms with Crippen molar-refractivity contribution in [1.82, 2.24) is 0 Å². The van der Waals surface area contributed by atoms with E-state index in [1.807, 2.05) is 4.90 Å². The third-order valence-electron chi connectivity index (χ3n) is 3.08. The van der Waals surface area contributed by atoms with E-state index < -0.39 is 11.8 Å². The van der Waals surface area contributed by atoms with Crippen LogP contribution in [-0.2, 0) is 0 Å². The number of carboxylic acid groups (broad SMARTS) is 1. The SMILES string of the molecule is CCC1CN(c2cccc(F)c2C(=O)O)C1. The monoisotopic (exact) mass is 223 g/mol. The van der Waals surface area contributed by atoms with E-state index >= 15 is 0 Å². The summed E-state index contributed by atoms with van der Waals surface area (Å²) >= 11 is 0. The Morgan fingerprint density at radius 1 is 1.56 bits per heavy atom. The molecule has 0 aliphatic carbocycles. The number of rotatable bonds is 3. The fraction of sp³-hybridized carbons (Fsp3) is 0.417.